The highest BCUT2D eigenvalue weighted by Crippen LogP contribution is 2.36. The Kier molecular flexibility index (Phi) is 3.28. The summed E-state index contributed by atoms with van der Waals surface area (Å²) in [7, 11) is 0. The van der Waals surface area contributed by atoms with Crippen molar-refractivity contribution in [2.45, 2.75) is 38.3 Å². The first-order chi connectivity index (χ1) is 7.65. The monoisotopic (exact) mass is 220 g/mol. The highest BCUT2D eigenvalue weighted by Gasteiger charge is 2.38. The van der Waals surface area contributed by atoms with Crippen LogP contribution in [0.3, 0.4) is 0 Å². The first kappa shape index (κ1) is 11.6. The molecule has 2 atom stereocenters. The van der Waals surface area contributed by atoms with E-state index in [9.17, 15) is 0 Å². The zero-order valence-electron chi connectivity index (χ0n) is 9.99. The molecule has 1 fully saturated rings. The summed E-state index contributed by atoms with van der Waals surface area (Å²) in [5.41, 5.74) is 5.18. The number of aryl methyl sites for hydroxylation is 1. The highest BCUT2D eigenvalue weighted by molar-refractivity contribution is 5.27. The fraction of sp³-hybridized carbons (Fsp3) is 0.538. The average molecular weight is 220 g/mol. The molecule has 1 aliphatic rings. The maximum atomic E-state index is 5.85. The number of hydrazine groups is 1. The van der Waals surface area contributed by atoms with Crippen LogP contribution < -0.4 is 11.3 Å². The van der Waals surface area contributed by atoms with E-state index < -0.39 is 0 Å². The number of rotatable bonds is 3. The SMILES string of the molecule is Cc1cccc(C(NN)C2(C)CCCO2)c1. The molecule has 1 aliphatic heterocycles. The first-order valence-electron chi connectivity index (χ1n) is 5.82. The minimum atomic E-state index is -0.178. The largest absolute Gasteiger partial charge is 0.373 e. The summed E-state index contributed by atoms with van der Waals surface area (Å²) in [6.45, 7) is 5.06. The van der Waals surface area contributed by atoms with Crippen molar-refractivity contribution in [2.75, 3.05) is 6.61 Å². The Labute approximate surface area is 97.0 Å². The van der Waals surface area contributed by atoms with Crippen molar-refractivity contribution in [3.8, 4) is 0 Å². The molecule has 3 heteroatoms. The van der Waals surface area contributed by atoms with Crippen LogP contribution in [0.2, 0.25) is 0 Å². The Hall–Kier alpha value is -0.900. The minimum absolute atomic E-state index is 0.0647. The molecule has 0 aromatic heterocycles. The number of nitrogens with two attached hydrogens (primary N) is 1. The summed E-state index contributed by atoms with van der Waals surface area (Å²) in [5, 5.41) is 0. The quantitative estimate of drug-likeness (QED) is 0.605. The molecule has 3 nitrogen and oxygen atoms in total. The van der Waals surface area contributed by atoms with Gasteiger partial charge in [-0.15, -0.1) is 0 Å². The molecule has 0 amide bonds. The predicted molar refractivity (Wildman–Crippen MR) is 64.8 cm³/mol. The van der Waals surface area contributed by atoms with Crippen LogP contribution in [0.25, 0.3) is 0 Å². The Bertz CT molecular complexity index is 359. The van der Waals surface area contributed by atoms with Gasteiger partial charge in [-0.2, -0.15) is 0 Å². The van der Waals surface area contributed by atoms with Gasteiger partial charge < -0.3 is 4.74 Å². The third-order valence-electron chi connectivity index (χ3n) is 3.40. The maximum Gasteiger partial charge on any atom is 0.0862 e. The Balaban J connectivity index is 2.28. The van der Waals surface area contributed by atoms with Crippen molar-refractivity contribution in [1.82, 2.24) is 5.43 Å². The summed E-state index contributed by atoms with van der Waals surface area (Å²) < 4.78 is 5.85. The molecule has 1 heterocycles. The number of nitrogens with one attached hydrogen (secondary N) is 1. The number of benzene rings is 1. The average Bonchev–Trinajstić information content (AvgIpc) is 2.67. The van der Waals surface area contributed by atoms with Gasteiger partial charge in [0.05, 0.1) is 11.6 Å². The van der Waals surface area contributed by atoms with Crippen LogP contribution in [0.5, 0.6) is 0 Å². The van der Waals surface area contributed by atoms with E-state index in [4.69, 9.17) is 10.6 Å². The molecule has 2 rings (SSSR count). The van der Waals surface area contributed by atoms with Crippen molar-refractivity contribution >= 4 is 0 Å². The number of hydrogen-bond acceptors (Lipinski definition) is 3. The van der Waals surface area contributed by atoms with Crippen molar-refractivity contribution in [1.29, 1.82) is 0 Å². The maximum absolute atomic E-state index is 5.85. The van der Waals surface area contributed by atoms with Crippen LogP contribution in [0, 0.1) is 6.92 Å². The lowest BCUT2D eigenvalue weighted by Gasteiger charge is -2.33. The lowest BCUT2D eigenvalue weighted by Crippen LogP contribution is -2.44. The smallest absolute Gasteiger partial charge is 0.0862 e. The molecule has 0 spiro atoms. The number of ether oxygens (including phenoxy) is 1. The third kappa shape index (κ3) is 2.12. The van der Waals surface area contributed by atoms with Gasteiger partial charge in [0.2, 0.25) is 0 Å². The Morgan fingerprint density at radius 2 is 2.31 bits per heavy atom. The van der Waals surface area contributed by atoms with Gasteiger partial charge in [0.25, 0.3) is 0 Å². The van der Waals surface area contributed by atoms with Gasteiger partial charge in [0.1, 0.15) is 0 Å². The predicted octanol–water partition coefficient (Wildman–Crippen LogP) is 2.07. The molecule has 1 aromatic rings. The van der Waals surface area contributed by atoms with Crippen LogP contribution in [0.1, 0.15) is 36.9 Å². The van der Waals surface area contributed by atoms with Crippen molar-refractivity contribution in [3.05, 3.63) is 35.4 Å². The van der Waals surface area contributed by atoms with E-state index in [0.29, 0.717) is 0 Å². The molecule has 16 heavy (non-hydrogen) atoms. The molecule has 0 radical (unpaired) electrons. The second-order valence-electron chi connectivity index (χ2n) is 4.78. The van der Waals surface area contributed by atoms with E-state index >= 15 is 0 Å². The summed E-state index contributed by atoms with van der Waals surface area (Å²) in [6, 6.07) is 8.49. The van der Waals surface area contributed by atoms with Gasteiger partial charge in [0, 0.05) is 6.61 Å². The second kappa shape index (κ2) is 4.53. The zero-order valence-corrected chi connectivity index (χ0v) is 9.99. The topological polar surface area (TPSA) is 47.3 Å². The van der Waals surface area contributed by atoms with E-state index in [1.807, 2.05) is 0 Å². The Morgan fingerprint density at radius 3 is 2.88 bits per heavy atom. The van der Waals surface area contributed by atoms with Crippen molar-refractivity contribution in [2.24, 2.45) is 5.84 Å². The van der Waals surface area contributed by atoms with Crippen LogP contribution in [0.15, 0.2) is 24.3 Å². The minimum Gasteiger partial charge on any atom is -0.373 e. The van der Waals surface area contributed by atoms with Crippen LogP contribution >= 0.6 is 0 Å². The zero-order chi connectivity index (χ0) is 11.6. The molecule has 88 valence electrons. The van der Waals surface area contributed by atoms with Gasteiger partial charge in [-0.05, 0) is 32.3 Å². The van der Waals surface area contributed by atoms with Gasteiger partial charge in [-0.3, -0.25) is 11.3 Å². The molecular weight excluding hydrogens is 200 g/mol. The first-order valence-corrected chi connectivity index (χ1v) is 5.82. The van der Waals surface area contributed by atoms with Gasteiger partial charge in [-0.1, -0.05) is 29.8 Å². The van der Waals surface area contributed by atoms with E-state index in [1.54, 1.807) is 0 Å². The Morgan fingerprint density at radius 1 is 1.50 bits per heavy atom. The van der Waals surface area contributed by atoms with Gasteiger partial charge in [0.15, 0.2) is 0 Å². The number of hydrogen-bond donors (Lipinski definition) is 2. The van der Waals surface area contributed by atoms with Gasteiger partial charge >= 0.3 is 0 Å². The van der Waals surface area contributed by atoms with E-state index in [1.165, 1.54) is 11.1 Å². The molecule has 2 unspecified atom stereocenters. The second-order valence-corrected chi connectivity index (χ2v) is 4.78. The third-order valence-corrected chi connectivity index (χ3v) is 3.40. The molecule has 0 bridgehead atoms. The standard InChI is InChI=1S/C13H20N2O/c1-10-5-3-6-11(9-10)12(15-14)13(2)7-4-8-16-13/h3,5-6,9,12,15H,4,7-8,14H2,1-2H3. The normalized spacial score (nSPS) is 26.9. The fourth-order valence-electron chi connectivity index (χ4n) is 2.50. The molecule has 1 aromatic carbocycles. The van der Waals surface area contributed by atoms with Gasteiger partial charge in [-0.25, -0.2) is 0 Å². The van der Waals surface area contributed by atoms with Crippen molar-refractivity contribution in [3.63, 3.8) is 0 Å². The lowest BCUT2D eigenvalue weighted by atomic mass is 9.87. The molecule has 1 saturated heterocycles. The van der Waals surface area contributed by atoms with E-state index in [-0.39, 0.29) is 11.6 Å². The van der Waals surface area contributed by atoms with Crippen LogP contribution in [0.4, 0.5) is 0 Å². The molecule has 3 N–H and O–H groups in total. The van der Waals surface area contributed by atoms with Crippen molar-refractivity contribution < 1.29 is 4.74 Å². The molecular formula is C13H20N2O. The fourth-order valence-corrected chi connectivity index (χ4v) is 2.50. The molecule has 0 aliphatic carbocycles. The molecule has 0 saturated carbocycles. The van der Waals surface area contributed by atoms with Crippen LogP contribution in [-0.4, -0.2) is 12.2 Å². The van der Waals surface area contributed by atoms with Crippen LogP contribution in [-0.2, 0) is 4.74 Å². The summed E-state index contributed by atoms with van der Waals surface area (Å²) >= 11 is 0. The lowest BCUT2D eigenvalue weighted by molar-refractivity contribution is -0.0125. The summed E-state index contributed by atoms with van der Waals surface area (Å²) in [6.07, 6.45) is 2.16. The summed E-state index contributed by atoms with van der Waals surface area (Å²) in [5.74, 6) is 5.69. The van der Waals surface area contributed by atoms with E-state index in [2.05, 4.69) is 43.5 Å². The summed E-state index contributed by atoms with van der Waals surface area (Å²) in [4.78, 5) is 0. The highest BCUT2D eigenvalue weighted by atomic mass is 16.5. The van der Waals surface area contributed by atoms with E-state index in [0.717, 1.165) is 19.4 Å².